The van der Waals surface area contributed by atoms with E-state index >= 15 is 0 Å². The van der Waals surface area contributed by atoms with Crippen LogP contribution in [0.4, 0.5) is 0 Å². The molecule has 17 heteroatoms. The second-order valence-corrected chi connectivity index (χ2v) is 10.4. The summed E-state index contributed by atoms with van der Waals surface area (Å²) in [5.74, 6) is 0. The van der Waals surface area contributed by atoms with Gasteiger partial charge in [-0.15, -0.1) is 34.0 Å². The fraction of sp³-hybridized carbons (Fsp3) is 0.400. The van der Waals surface area contributed by atoms with Gasteiger partial charge in [-0.1, -0.05) is 127 Å². The molecule has 10 rings (SSSR count). The van der Waals surface area contributed by atoms with Crippen molar-refractivity contribution in [3.8, 4) is 0 Å². The number of aromatic amines is 7. The lowest BCUT2D eigenvalue weighted by Gasteiger charge is -1.64. The molecule has 0 aliphatic heterocycles. The van der Waals surface area contributed by atoms with Crippen LogP contribution in [0.1, 0.15) is 127 Å². The summed E-state index contributed by atoms with van der Waals surface area (Å²) in [4.78, 5) is 14.0. The predicted molar refractivity (Wildman–Crippen MR) is 283 cm³/mol. The lowest BCUT2D eigenvalue weighted by atomic mass is 10.4. The molecule has 0 atom stereocenters. The maximum Gasteiger partial charge on any atom is 0.118 e. The number of imidazole rings is 2. The number of fused-ring (bicyclic) bond motifs is 3. The zero-order chi connectivity index (χ0) is 44.3. The third-order valence-electron chi connectivity index (χ3n) is 4.83. The van der Waals surface area contributed by atoms with Gasteiger partial charge in [0, 0.05) is 71.1 Å². The van der Waals surface area contributed by atoms with E-state index in [9.17, 15) is 0 Å². The van der Waals surface area contributed by atoms with Gasteiger partial charge in [-0.3, -0.25) is 25.5 Å². The summed E-state index contributed by atoms with van der Waals surface area (Å²) in [7, 11) is 0. The maximum absolute atomic E-state index is 3.85. The monoisotopic (exact) mass is 919 g/mol. The molecule has 14 nitrogen and oxygen atoms in total. The van der Waals surface area contributed by atoms with Crippen molar-refractivity contribution in [3.63, 3.8) is 0 Å². The Balaban J connectivity index is -0.0000000871. The summed E-state index contributed by atoms with van der Waals surface area (Å²) in [6.07, 6.45) is 22.6. The fourth-order valence-corrected chi connectivity index (χ4v) is 5.02. The number of H-pyrrole nitrogens is 7. The minimum Gasteiger partial charge on any atom is -0.351 e. The van der Waals surface area contributed by atoms with Gasteiger partial charge in [-0.2, -0.15) is 25.5 Å². The molecule has 0 radical (unpaired) electrons. The molecule has 0 unspecified atom stereocenters. The van der Waals surface area contributed by atoms with Crippen molar-refractivity contribution in [2.45, 2.75) is 127 Å². The largest absolute Gasteiger partial charge is 0.351 e. The zero-order valence-electron chi connectivity index (χ0n) is 37.0. The number of nitrogens with one attached hydrogen (secondary N) is 7. The lowest BCUT2D eigenvalue weighted by Crippen LogP contribution is -1.58. The van der Waals surface area contributed by atoms with Gasteiger partial charge in [0.15, 0.2) is 0 Å². The van der Waals surface area contributed by atoms with Crippen molar-refractivity contribution < 1.29 is 0 Å². The fourth-order valence-electron chi connectivity index (χ4n) is 2.88. The Bertz CT molecular complexity index is 1480. The molecule has 0 aliphatic carbocycles. The van der Waals surface area contributed by atoms with Gasteiger partial charge in [0.25, 0.3) is 0 Å². The maximum atomic E-state index is 3.85. The zero-order valence-corrected chi connectivity index (χ0v) is 39.4. The van der Waals surface area contributed by atoms with Crippen LogP contribution in [-0.2, 0) is 0 Å². The van der Waals surface area contributed by atoms with Gasteiger partial charge < -0.3 is 9.97 Å². The molecule has 62 heavy (non-hydrogen) atoms. The third-order valence-corrected chi connectivity index (χ3v) is 7.28. The molecule has 354 valence electrons. The van der Waals surface area contributed by atoms with Gasteiger partial charge >= 0.3 is 0 Å². The topological polar surface area (TPSA) is 201 Å². The number of thiophene rings is 3. The Morgan fingerprint density at radius 1 is 0.435 bits per heavy atom. The van der Waals surface area contributed by atoms with Crippen LogP contribution < -0.4 is 0 Å². The van der Waals surface area contributed by atoms with Gasteiger partial charge in [0.05, 0.1) is 47.0 Å². The second kappa shape index (κ2) is 64.5. The van der Waals surface area contributed by atoms with Gasteiger partial charge in [0.2, 0.25) is 0 Å². The Hall–Kier alpha value is -5.65. The Morgan fingerprint density at radius 2 is 0.903 bits per heavy atom. The normalized spacial score (nSPS) is 7.32. The van der Waals surface area contributed by atoms with Gasteiger partial charge in [-0.05, 0) is 35.0 Å². The molecule has 7 N–H and O–H groups in total. The Morgan fingerprint density at radius 3 is 1.27 bits per heavy atom. The van der Waals surface area contributed by atoms with E-state index in [1.165, 1.54) is 15.5 Å². The van der Waals surface area contributed by atoms with E-state index in [0.717, 1.165) is 15.9 Å². The van der Waals surface area contributed by atoms with Crippen LogP contribution >= 0.6 is 34.0 Å². The Kier molecular flexibility index (Phi) is 76.8. The average molecular weight is 919 g/mol. The third kappa shape index (κ3) is 39.8. The molecule has 0 spiro atoms. The highest BCUT2D eigenvalue weighted by Crippen LogP contribution is 2.16. The molecule has 0 saturated heterocycles. The summed E-state index contributed by atoms with van der Waals surface area (Å²) in [5.41, 5.74) is 2.27. The first-order chi connectivity index (χ1) is 28.9. The van der Waals surface area contributed by atoms with Crippen LogP contribution in [0, 0.1) is 0 Å². The second-order valence-electron chi connectivity index (χ2n) is 7.81. The highest BCUT2D eigenvalue weighted by Gasteiger charge is 1.92. The number of hydrogen-bond donors (Lipinski definition) is 7. The molecule has 0 aromatic carbocycles. The van der Waals surface area contributed by atoms with Crippen LogP contribution in [0.2, 0.25) is 0 Å². The molecule has 0 saturated carbocycles. The molecule has 10 heterocycles. The predicted octanol–water partition coefficient (Wildman–Crippen LogP) is 16.2. The molecule has 0 aliphatic rings. The molecule has 0 amide bonds. The number of aromatic nitrogens is 14. The SMILES string of the molecule is C.C.C.C.CC.CC.CC.CC.CC.CC.CC.c1c[nH]cn1.c1c[nH]cn1.c1cc2[nH]ncc2s1.c1cc2cn[nH]c2s1.c1cn[nH]c1.c1cn[nH]c1.c1n[nH]c2cscc12. The first kappa shape index (κ1) is 73.8. The van der Waals surface area contributed by atoms with E-state index in [2.05, 4.69) is 76.3 Å². The Labute approximate surface area is 387 Å². The number of hydrogen-bond acceptors (Lipinski definition) is 10. The van der Waals surface area contributed by atoms with Crippen LogP contribution in [0.15, 0.2) is 127 Å². The minimum absolute atomic E-state index is 0. The molecular weight excluding hydrogens is 833 g/mol. The van der Waals surface area contributed by atoms with E-state index < -0.39 is 0 Å². The van der Waals surface area contributed by atoms with Crippen molar-refractivity contribution >= 4 is 65.3 Å². The highest BCUT2D eigenvalue weighted by molar-refractivity contribution is 7.17. The van der Waals surface area contributed by atoms with E-state index in [-0.39, 0.29) is 29.7 Å². The smallest absolute Gasteiger partial charge is 0.118 e. The number of rotatable bonds is 0. The van der Waals surface area contributed by atoms with E-state index in [1.54, 1.807) is 96.2 Å². The standard InChI is InChI=1S/3C5H4N2S.4C3H4N2.7C2H6.4CH4/c1-4-2-8-3-5(4)7-6-1;1-2-8-5-3-6-7-4(1)5;1-2-8-5-4(1)3-6-7-5;2*1-2-5-3-4-1;2*1-2-4-5-3-1;7*1-2;;;;/h1-3,7H;2*1-3H,(H,6,7);4*1-3H,(H,4,5);7*1-2H3;4*1H4. The van der Waals surface area contributed by atoms with Crippen molar-refractivity contribution in [2.75, 3.05) is 0 Å². The van der Waals surface area contributed by atoms with Crippen LogP contribution in [0.5, 0.6) is 0 Å². The van der Waals surface area contributed by atoms with Gasteiger partial charge in [-0.25, -0.2) is 9.97 Å². The first-order valence-corrected chi connectivity index (χ1v) is 22.4. The van der Waals surface area contributed by atoms with Crippen molar-refractivity contribution in [3.05, 3.63) is 127 Å². The lowest BCUT2D eigenvalue weighted by molar-refractivity contribution is 1.09. The summed E-state index contributed by atoms with van der Waals surface area (Å²) in [5, 5.41) is 43.1. The van der Waals surface area contributed by atoms with Crippen molar-refractivity contribution in [1.82, 2.24) is 70.9 Å². The quantitative estimate of drug-likeness (QED) is 0.0784. The van der Waals surface area contributed by atoms with Crippen molar-refractivity contribution in [2.24, 2.45) is 0 Å². The molecular formula is C45H86N14S3. The van der Waals surface area contributed by atoms with Crippen LogP contribution in [0.25, 0.3) is 31.3 Å². The van der Waals surface area contributed by atoms with E-state index in [0.29, 0.717) is 0 Å². The molecule has 0 bridgehead atoms. The molecule has 10 aromatic heterocycles. The van der Waals surface area contributed by atoms with Crippen LogP contribution in [0.3, 0.4) is 0 Å². The van der Waals surface area contributed by atoms with E-state index in [1.807, 2.05) is 156 Å². The van der Waals surface area contributed by atoms with Crippen LogP contribution in [-0.4, -0.2) is 70.9 Å². The average Bonchev–Trinajstić information content (AvgIpc) is 4.13. The summed E-state index contributed by atoms with van der Waals surface area (Å²) < 4.78 is 1.23. The first-order valence-electron chi connectivity index (χ1n) is 19.7. The number of nitrogens with zero attached hydrogens (tertiary/aromatic N) is 7. The van der Waals surface area contributed by atoms with E-state index in [4.69, 9.17) is 0 Å². The summed E-state index contributed by atoms with van der Waals surface area (Å²) >= 11 is 5.06. The van der Waals surface area contributed by atoms with Gasteiger partial charge in [0.1, 0.15) is 4.83 Å². The summed E-state index contributed by atoms with van der Waals surface area (Å²) in [6, 6.07) is 7.73. The highest BCUT2D eigenvalue weighted by atomic mass is 32.1. The minimum atomic E-state index is 0. The molecule has 0 fully saturated rings. The van der Waals surface area contributed by atoms with Crippen molar-refractivity contribution in [1.29, 1.82) is 0 Å². The summed E-state index contributed by atoms with van der Waals surface area (Å²) in [6.45, 7) is 28.0. The molecule has 10 aromatic rings.